The van der Waals surface area contributed by atoms with Gasteiger partial charge in [0.1, 0.15) is 11.5 Å². The summed E-state index contributed by atoms with van der Waals surface area (Å²) in [6.45, 7) is 2.95. The Morgan fingerprint density at radius 2 is 2.10 bits per heavy atom. The van der Waals surface area contributed by atoms with E-state index in [2.05, 4.69) is 5.32 Å². The van der Waals surface area contributed by atoms with Crippen LogP contribution in [0.5, 0.6) is 11.5 Å². The Morgan fingerprint density at radius 1 is 1.35 bits per heavy atom. The van der Waals surface area contributed by atoms with Crippen LogP contribution in [0.25, 0.3) is 0 Å². The van der Waals surface area contributed by atoms with Crippen LogP contribution >= 0.6 is 0 Å². The van der Waals surface area contributed by atoms with Crippen molar-refractivity contribution in [2.24, 2.45) is 11.7 Å². The predicted octanol–water partition coefficient (Wildman–Crippen LogP) is 1.69. The van der Waals surface area contributed by atoms with E-state index in [0.717, 1.165) is 29.9 Å². The summed E-state index contributed by atoms with van der Waals surface area (Å²) in [7, 11) is 3.22. The van der Waals surface area contributed by atoms with Gasteiger partial charge in [-0.05, 0) is 37.6 Å². The molecular weight excluding hydrogens is 256 g/mol. The zero-order chi connectivity index (χ0) is 15.0. The minimum Gasteiger partial charge on any atom is -0.497 e. The molecule has 0 fully saturated rings. The molecule has 1 aromatic carbocycles. The Labute approximate surface area is 120 Å². The van der Waals surface area contributed by atoms with Crippen molar-refractivity contribution in [1.29, 1.82) is 0 Å². The lowest BCUT2D eigenvalue weighted by Gasteiger charge is -2.14. The maximum atomic E-state index is 12.0. The van der Waals surface area contributed by atoms with Crippen molar-refractivity contribution in [3.05, 3.63) is 23.8 Å². The van der Waals surface area contributed by atoms with E-state index in [4.69, 9.17) is 15.2 Å². The molecule has 0 heterocycles. The molecular formula is C15H24N2O3. The lowest BCUT2D eigenvalue weighted by atomic mass is 10.0. The van der Waals surface area contributed by atoms with Gasteiger partial charge in [-0.25, -0.2) is 0 Å². The maximum Gasteiger partial charge on any atom is 0.223 e. The second-order valence-corrected chi connectivity index (χ2v) is 4.73. The van der Waals surface area contributed by atoms with Gasteiger partial charge in [-0.2, -0.15) is 0 Å². The minimum atomic E-state index is -0.0323. The van der Waals surface area contributed by atoms with Crippen LogP contribution in [0.3, 0.4) is 0 Å². The number of rotatable bonds is 8. The maximum absolute atomic E-state index is 12.0. The lowest BCUT2D eigenvalue weighted by Crippen LogP contribution is -2.29. The number of hydrogen-bond donors (Lipinski definition) is 2. The highest BCUT2D eigenvalue weighted by atomic mass is 16.5. The van der Waals surface area contributed by atoms with Gasteiger partial charge < -0.3 is 20.5 Å². The SMILES string of the molecule is COc1ccc(OC)c(CNC(=O)C(C)CCCN)c1. The molecule has 1 aromatic rings. The summed E-state index contributed by atoms with van der Waals surface area (Å²) in [5.41, 5.74) is 6.34. The van der Waals surface area contributed by atoms with Crippen LogP contribution in [0.15, 0.2) is 18.2 Å². The van der Waals surface area contributed by atoms with Gasteiger partial charge in [0.15, 0.2) is 0 Å². The fourth-order valence-electron chi connectivity index (χ4n) is 1.93. The number of hydrogen-bond acceptors (Lipinski definition) is 4. The number of benzene rings is 1. The summed E-state index contributed by atoms with van der Waals surface area (Å²) in [6.07, 6.45) is 1.66. The van der Waals surface area contributed by atoms with Crippen molar-refractivity contribution in [1.82, 2.24) is 5.32 Å². The van der Waals surface area contributed by atoms with Crippen LogP contribution in [0.2, 0.25) is 0 Å². The summed E-state index contributed by atoms with van der Waals surface area (Å²) >= 11 is 0. The first-order valence-electron chi connectivity index (χ1n) is 6.81. The molecule has 112 valence electrons. The topological polar surface area (TPSA) is 73.6 Å². The molecule has 0 saturated carbocycles. The van der Waals surface area contributed by atoms with Gasteiger partial charge in [-0.3, -0.25) is 4.79 Å². The number of nitrogens with one attached hydrogen (secondary N) is 1. The molecule has 5 nitrogen and oxygen atoms in total. The van der Waals surface area contributed by atoms with E-state index in [1.807, 2.05) is 25.1 Å². The molecule has 0 radical (unpaired) electrons. The van der Waals surface area contributed by atoms with Crippen LogP contribution in [-0.2, 0) is 11.3 Å². The third kappa shape index (κ3) is 4.74. The zero-order valence-corrected chi connectivity index (χ0v) is 12.4. The Morgan fingerprint density at radius 3 is 2.70 bits per heavy atom. The number of nitrogens with two attached hydrogens (primary N) is 1. The molecule has 0 aliphatic carbocycles. The summed E-state index contributed by atoms with van der Waals surface area (Å²) in [5, 5.41) is 2.92. The van der Waals surface area contributed by atoms with Gasteiger partial charge in [0.2, 0.25) is 5.91 Å². The van der Waals surface area contributed by atoms with Crippen molar-refractivity contribution >= 4 is 5.91 Å². The molecule has 1 unspecified atom stereocenters. The van der Waals surface area contributed by atoms with Crippen LogP contribution in [0.4, 0.5) is 0 Å². The van der Waals surface area contributed by atoms with Gasteiger partial charge in [0, 0.05) is 18.0 Å². The van der Waals surface area contributed by atoms with Crippen molar-refractivity contribution in [3.8, 4) is 11.5 Å². The largest absolute Gasteiger partial charge is 0.497 e. The Balaban J connectivity index is 2.62. The third-order valence-corrected chi connectivity index (χ3v) is 3.23. The molecule has 1 rings (SSSR count). The van der Waals surface area contributed by atoms with Crippen LogP contribution in [0.1, 0.15) is 25.3 Å². The average Bonchev–Trinajstić information content (AvgIpc) is 2.49. The van der Waals surface area contributed by atoms with Gasteiger partial charge in [0.05, 0.1) is 14.2 Å². The Bertz CT molecular complexity index is 435. The van der Waals surface area contributed by atoms with Crippen LogP contribution < -0.4 is 20.5 Å². The Kier molecular flexibility index (Phi) is 6.87. The van der Waals surface area contributed by atoms with Crippen molar-refractivity contribution in [3.63, 3.8) is 0 Å². The highest BCUT2D eigenvalue weighted by Gasteiger charge is 2.13. The van der Waals surface area contributed by atoms with E-state index < -0.39 is 0 Å². The number of carbonyl (C=O) groups excluding carboxylic acids is 1. The first-order chi connectivity index (χ1) is 9.62. The van der Waals surface area contributed by atoms with Crippen molar-refractivity contribution in [2.45, 2.75) is 26.3 Å². The molecule has 20 heavy (non-hydrogen) atoms. The molecule has 0 saturated heterocycles. The normalized spacial score (nSPS) is 11.8. The highest BCUT2D eigenvalue weighted by Crippen LogP contribution is 2.23. The van der Waals surface area contributed by atoms with Gasteiger partial charge in [-0.1, -0.05) is 6.92 Å². The van der Waals surface area contributed by atoms with Crippen LogP contribution in [-0.4, -0.2) is 26.7 Å². The number of carbonyl (C=O) groups is 1. The molecule has 1 atom stereocenters. The predicted molar refractivity (Wildman–Crippen MR) is 78.8 cm³/mol. The molecule has 0 bridgehead atoms. The van der Waals surface area contributed by atoms with Gasteiger partial charge >= 0.3 is 0 Å². The van der Waals surface area contributed by atoms with E-state index in [-0.39, 0.29) is 11.8 Å². The number of amides is 1. The number of ether oxygens (including phenoxy) is 2. The van der Waals surface area contributed by atoms with E-state index >= 15 is 0 Å². The molecule has 5 heteroatoms. The third-order valence-electron chi connectivity index (χ3n) is 3.23. The molecule has 1 amide bonds. The molecule has 0 aromatic heterocycles. The van der Waals surface area contributed by atoms with Gasteiger partial charge in [0.25, 0.3) is 0 Å². The van der Waals surface area contributed by atoms with E-state index in [1.54, 1.807) is 14.2 Å². The summed E-state index contributed by atoms with van der Waals surface area (Å²) in [5.74, 6) is 1.48. The van der Waals surface area contributed by atoms with E-state index in [1.165, 1.54) is 0 Å². The first kappa shape index (κ1) is 16.3. The number of methoxy groups -OCH3 is 2. The quantitative estimate of drug-likeness (QED) is 0.760. The summed E-state index contributed by atoms with van der Waals surface area (Å²) in [6, 6.07) is 5.52. The molecule has 3 N–H and O–H groups in total. The lowest BCUT2D eigenvalue weighted by molar-refractivity contribution is -0.124. The highest BCUT2D eigenvalue weighted by molar-refractivity contribution is 5.78. The van der Waals surface area contributed by atoms with E-state index in [9.17, 15) is 4.79 Å². The fourth-order valence-corrected chi connectivity index (χ4v) is 1.93. The second-order valence-electron chi connectivity index (χ2n) is 4.73. The minimum absolute atomic E-state index is 0.0309. The molecule has 0 aliphatic heterocycles. The smallest absolute Gasteiger partial charge is 0.223 e. The van der Waals surface area contributed by atoms with Crippen molar-refractivity contribution < 1.29 is 14.3 Å². The monoisotopic (exact) mass is 280 g/mol. The summed E-state index contributed by atoms with van der Waals surface area (Å²) in [4.78, 5) is 12.0. The zero-order valence-electron chi connectivity index (χ0n) is 12.4. The Hall–Kier alpha value is -1.75. The molecule has 0 aliphatic rings. The fraction of sp³-hybridized carbons (Fsp3) is 0.533. The standard InChI is InChI=1S/C15H24N2O3/c1-11(5-4-8-16)15(18)17-10-12-9-13(19-2)6-7-14(12)20-3/h6-7,9,11H,4-5,8,10,16H2,1-3H3,(H,17,18). The molecule has 0 spiro atoms. The van der Waals surface area contributed by atoms with E-state index in [0.29, 0.717) is 13.1 Å². The first-order valence-corrected chi connectivity index (χ1v) is 6.81. The average molecular weight is 280 g/mol. The second kappa shape index (κ2) is 8.43. The van der Waals surface area contributed by atoms with Gasteiger partial charge in [-0.15, -0.1) is 0 Å². The summed E-state index contributed by atoms with van der Waals surface area (Å²) < 4.78 is 10.5. The van der Waals surface area contributed by atoms with Crippen LogP contribution in [0, 0.1) is 5.92 Å². The van der Waals surface area contributed by atoms with Crippen molar-refractivity contribution in [2.75, 3.05) is 20.8 Å².